The molecule has 0 amide bonds. The maximum Gasteiger partial charge on any atom is 0.175 e. The highest BCUT2D eigenvalue weighted by molar-refractivity contribution is 7.90. The van der Waals surface area contributed by atoms with Crippen LogP contribution in [0.1, 0.15) is 23.1 Å². The SMILES string of the molecule is Cc1ccc(Oc2ccc(OCCCN3CCN(Cc4ccc(S(C)(=O)=O)cc4)CC3)cc2)cc1C. The molecule has 1 aliphatic rings. The molecule has 192 valence electrons. The Kier molecular flexibility index (Phi) is 8.67. The van der Waals surface area contributed by atoms with Crippen molar-refractivity contribution in [2.75, 3.05) is 45.6 Å². The van der Waals surface area contributed by atoms with Crippen LogP contribution in [-0.2, 0) is 16.4 Å². The van der Waals surface area contributed by atoms with Crippen molar-refractivity contribution in [1.82, 2.24) is 9.80 Å². The fraction of sp³-hybridized carbons (Fsp3) is 0.379. The topological polar surface area (TPSA) is 59.1 Å². The summed E-state index contributed by atoms with van der Waals surface area (Å²) in [7, 11) is -3.14. The van der Waals surface area contributed by atoms with Crippen LogP contribution in [0.25, 0.3) is 0 Å². The number of ether oxygens (including phenoxy) is 2. The van der Waals surface area contributed by atoms with Crippen LogP contribution in [0.4, 0.5) is 0 Å². The summed E-state index contributed by atoms with van der Waals surface area (Å²) in [6.07, 6.45) is 2.22. The number of rotatable bonds is 10. The minimum absolute atomic E-state index is 0.375. The zero-order chi connectivity index (χ0) is 25.5. The molecule has 7 heteroatoms. The monoisotopic (exact) mass is 508 g/mol. The smallest absolute Gasteiger partial charge is 0.175 e. The van der Waals surface area contributed by atoms with Gasteiger partial charge in [-0.2, -0.15) is 0 Å². The van der Waals surface area contributed by atoms with Gasteiger partial charge in [-0.3, -0.25) is 4.90 Å². The van der Waals surface area contributed by atoms with E-state index in [4.69, 9.17) is 9.47 Å². The lowest BCUT2D eigenvalue weighted by molar-refractivity contribution is 0.121. The molecule has 0 unspecified atom stereocenters. The summed E-state index contributed by atoms with van der Waals surface area (Å²) in [5, 5.41) is 0. The highest BCUT2D eigenvalue weighted by Gasteiger charge is 2.17. The standard InChI is InChI=1S/C29H36N2O4S/c1-23-5-8-28(21-24(23)2)35-27-11-9-26(10-12-27)34-20-4-15-30-16-18-31(19-17-30)22-25-6-13-29(14-7-25)36(3,32)33/h5-14,21H,4,15-20,22H2,1-3H3. The third-order valence-corrected chi connectivity index (χ3v) is 7.78. The van der Waals surface area contributed by atoms with Gasteiger partial charge in [-0.05, 0) is 85.5 Å². The Labute approximate surface area is 215 Å². The predicted molar refractivity (Wildman–Crippen MR) is 144 cm³/mol. The van der Waals surface area contributed by atoms with Gasteiger partial charge < -0.3 is 14.4 Å². The molecule has 1 saturated heterocycles. The molecule has 1 aliphatic heterocycles. The highest BCUT2D eigenvalue weighted by Crippen LogP contribution is 2.25. The molecule has 36 heavy (non-hydrogen) atoms. The third-order valence-electron chi connectivity index (χ3n) is 6.65. The number of hydrogen-bond acceptors (Lipinski definition) is 6. The summed E-state index contributed by atoms with van der Waals surface area (Å²) in [4.78, 5) is 5.27. The molecule has 0 aromatic heterocycles. The number of benzene rings is 3. The number of hydrogen-bond donors (Lipinski definition) is 0. The molecule has 0 N–H and O–H groups in total. The molecular weight excluding hydrogens is 472 g/mol. The van der Waals surface area contributed by atoms with Gasteiger partial charge in [0.2, 0.25) is 0 Å². The molecule has 4 rings (SSSR count). The van der Waals surface area contributed by atoms with E-state index in [0.717, 1.165) is 68.5 Å². The number of piperazine rings is 1. The van der Waals surface area contributed by atoms with E-state index in [2.05, 4.69) is 35.8 Å². The van der Waals surface area contributed by atoms with Crippen LogP contribution in [0.15, 0.2) is 71.6 Å². The van der Waals surface area contributed by atoms with Gasteiger partial charge >= 0.3 is 0 Å². The van der Waals surface area contributed by atoms with Gasteiger partial charge in [0.05, 0.1) is 11.5 Å². The molecule has 0 atom stereocenters. The Morgan fingerprint density at radius 1 is 0.750 bits per heavy atom. The Morgan fingerprint density at radius 2 is 1.36 bits per heavy atom. The second-order valence-electron chi connectivity index (χ2n) is 9.56. The molecule has 6 nitrogen and oxygen atoms in total. The summed E-state index contributed by atoms with van der Waals surface area (Å²) in [5.74, 6) is 2.50. The Balaban J connectivity index is 1.13. The lowest BCUT2D eigenvalue weighted by Gasteiger charge is -2.34. The molecular formula is C29H36N2O4S. The summed E-state index contributed by atoms with van der Waals surface area (Å²) < 4.78 is 35.1. The van der Waals surface area contributed by atoms with E-state index in [1.807, 2.05) is 42.5 Å². The van der Waals surface area contributed by atoms with E-state index in [1.165, 1.54) is 17.4 Å². The van der Waals surface area contributed by atoms with Crippen molar-refractivity contribution in [3.05, 3.63) is 83.4 Å². The van der Waals surface area contributed by atoms with Gasteiger partial charge in [-0.25, -0.2) is 8.42 Å². The maximum absolute atomic E-state index is 11.6. The fourth-order valence-electron chi connectivity index (χ4n) is 4.27. The van der Waals surface area contributed by atoms with Crippen LogP contribution in [0.2, 0.25) is 0 Å². The quantitative estimate of drug-likeness (QED) is 0.356. The molecule has 0 bridgehead atoms. The second-order valence-corrected chi connectivity index (χ2v) is 11.6. The highest BCUT2D eigenvalue weighted by atomic mass is 32.2. The average molecular weight is 509 g/mol. The maximum atomic E-state index is 11.6. The van der Waals surface area contributed by atoms with Crippen LogP contribution < -0.4 is 9.47 Å². The van der Waals surface area contributed by atoms with Gasteiger partial charge in [0.15, 0.2) is 9.84 Å². The first-order chi connectivity index (χ1) is 17.3. The summed E-state index contributed by atoms with van der Waals surface area (Å²) in [5.41, 5.74) is 3.62. The number of nitrogens with zero attached hydrogens (tertiary/aromatic N) is 2. The summed E-state index contributed by atoms with van der Waals surface area (Å²) >= 11 is 0. The van der Waals surface area contributed by atoms with Crippen molar-refractivity contribution in [3.63, 3.8) is 0 Å². The molecule has 0 aliphatic carbocycles. The first kappa shape index (κ1) is 26.2. The summed E-state index contributed by atoms with van der Waals surface area (Å²) in [6, 6.07) is 21.2. The minimum atomic E-state index is -3.14. The van der Waals surface area contributed by atoms with E-state index in [0.29, 0.717) is 11.5 Å². The van der Waals surface area contributed by atoms with Crippen LogP contribution in [0.3, 0.4) is 0 Å². The van der Waals surface area contributed by atoms with Crippen molar-refractivity contribution >= 4 is 9.84 Å². The lowest BCUT2D eigenvalue weighted by atomic mass is 10.1. The van der Waals surface area contributed by atoms with Crippen LogP contribution in [0.5, 0.6) is 17.2 Å². The molecule has 0 radical (unpaired) electrons. The average Bonchev–Trinajstić information content (AvgIpc) is 2.86. The number of sulfone groups is 1. The molecule has 0 saturated carbocycles. The first-order valence-electron chi connectivity index (χ1n) is 12.5. The van der Waals surface area contributed by atoms with Gasteiger partial charge in [0.1, 0.15) is 17.2 Å². The Bertz CT molecular complexity index is 1230. The zero-order valence-corrected chi connectivity index (χ0v) is 22.3. The molecule has 1 fully saturated rings. The Hall–Kier alpha value is -2.87. The summed E-state index contributed by atoms with van der Waals surface area (Å²) in [6.45, 7) is 10.8. The third kappa shape index (κ3) is 7.56. The van der Waals surface area contributed by atoms with Gasteiger partial charge in [0.25, 0.3) is 0 Å². The minimum Gasteiger partial charge on any atom is -0.494 e. The van der Waals surface area contributed by atoms with Gasteiger partial charge in [-0.15, -0.1) is 0 Å². The van der Waals surface area contributed by atoms with Crippen molar-refractivity contribution < 1.29 is 17.9 Å². The van der Waals surface area contributed by atoms with Crippen molar-refractivity contribution in [2.45, 2.75) is 31.7 Å². The van der Waals surface area contributed by atoms with Gasteiger partial charge in [0, 0.05) is 45.5 Å². The molecule has 3 aromatic carbocycles. The molecule has 0 spiro atoms. The van der Waals surface area contributed by atoms with Crippen molar-refractivity contribution in [1.29, 1.82) is 0 Å². The molecule has 3 aromatic rings. The van der Waals surface area contributed by atoms with E-state index in [9.17, 15) is 8.42 Å². The van der Waals surface area contributed by atoms with Crippen LogP contribution >= 0.6 is 0 Å². The Morgan fingerprint density at radius 3 is 2.00 bits per heavy atom. The van der Waals surface area contributed by atoms with Crippen LogP contribution in [0, 0.1) is 13.8 Å². The van der Waals surface area contributed by atoms with Crippen molar-refractivity contribution in [2.24, 2.45) is 0 Å². The van der Waals surface area contributed by atoms with Gasteiger partial charge in [-0.1, -0.05) is 18.2 Å². The van der Waals surface area contributed by atoms with Crippen molar-refractivity contribution in [3.8, 4) is 17.2 Å². The second kappa shape index (κ2) is 11.9. The van der Waals surface area contributed by atoms with E-state index in [-0.39, 0.29) is 0 Å². The predicted octanol–water partition coefficient (Wildman–Crippen LogP) is 5.09. The number of aryl methyl sites for hydroxylation is 2. The first-order valence-corrected chi connectivity index (χ1v) is 14.4. The normalized spacial score (nSPS) is 15.1. The van der Waals surface area contributed by atoms with Crippen LogP contribution in [-0.4, -0.2) is 63.8 Å². The zero-order valence-electron chi connectivity index (χ0n) is 21.4. The van der Waals surface area contributed by atoms with E-state index < -0.39 is 9.84 Å². The molecule has 1 heterocycles. The lowest BCUT2D eigenvalue weighted by Crippen LogP contribution is -2.46. The fourth-order valence-corrected chi connectivity index (χ4v) is 4.90. The van der Waals surface area contributed by atoms with E-state index in [1.54, 1.807) is 12.1 Å². The van der Waals surface area contributed by atoms with E-state index >= 15 is 0 Å². The largest absolute Gasteiger partial charge is 0.494 e.